The molecule has 3 aromatic rings. The van der Waals surface area contributed by atoms with Gasteiger partial charge >= 0.3 is 11.9 Å². The lowest BCUT2D eigenvalue weighted by Crippen LogP contribution is -2.14. The number of carbonyl (C=O) groups excluding carboxylic acids is 3. The first-order chi connectivity index (χ1) is 12.9. The van der Waals surface area contributed by atoms with E-state index in [1.54, 1.807) is 6.07 Å². The second-order valence-electron chi connectivity index (χ2n) is 5.83. The van der Waals surface area contributed by atoms with Crippen molar-refractivity contribution in [2.24, 2.45) is 0 Å². The summed E-state index contributed by atoms with van der Waals surface area (Å²) in [6.07, 6.45) is 0. The molecule has 0 unspecified atom stereocenters. The number of aromatic hydroxyl groups is 1. The summed E-state index contributed by atoms with van der Waals surface area (Å²) >= 11 is 0. The van der Waals surface area contributed by atoms with Gasteiger partial charge in [0, 0.05) is 12.5 Å². The van der Waals surface area contributed by atoms with Gasteiger partial charge in [0.1, 0.15) is 17.1 Å². The van der Waals surface area contributed by atoms with E-state index in [9.17, 15) is 19.5 Å². The van der Waals surface area contributed by atoms with Gasteiger partial charge < -0.3 is 14.6 Å². The number of ketones is 1. The lowest BCUT2D eigenvalue weighted by Gasteiger charge is -2.08. The Morgan fingerprint density at radius 1 is 0.926 bits per heavy atom. The highest BCUT2D eigenvalue weighted by Crippen LogP contribution is 2.25. The van der Waals surface area contributed by atoms with Crippen LogP contribution in [-0.4, -0.2) is 29.4 Å². The molecule has 0 atom stereocenters. The Bertz CT molecular complexity index is 1020. The average Bonchev–Trinajstić information content (AvgIpc) is 2.65. The van der Waals surface area contributed by atoms with Crippen LogP contribution < -0.4 is 4.74 Å². The van der Waals surface area contributed by atoms with Gasteiger partial charge in [0.05, 0.1) is 0 Å². The summed E-state index contributed by atoms with van der Waals surface area (Å²) in [4.78, 5) is 35.3. The first-order valence-electron chi connectivity index (χ1n) is 8.14. The number of fused-ring (bicyclic) bond motifs is 1. The molecule has 0 fully saturated rings. The summed E-state index contributed by atoms with van der Waals surface area (Å²) in [5.74, 6) is -1.56. The number of Topliss-reactive ketones (excluding diaryl/α,β-unsaturated/α-hetero) is 1. The maximum absolute atomic E-state index is 12.2. The van der Waals surface area contributed by atoms with Crippen LogP contribution in [0.2, 0.25) is 0 Å². The molecule has 0 aliphatic heterocycles. The van der Waals surface area contributed by atoms with Crippen LogP contribution >= 0.6 is 0 Å². The molecule has 136 valence electrons. The van der Waals surface area contributed by atoms with E-state index in [-0.39, 0.29) is 11.3 Å². The smallest absolute Gasteiger partial charge is 0.342 e. The number of hydrogen-bond donors (Lipinski definition) is 1. The van der Waals surface area contributed by atoms with Crippen molar-refractivity contribution in [3.8, 4) is 11.5 Å². The Labute approximate surface area is 155 Å². The predicted octanol–water partition coefficient (Wildman–Crippen LogP) is 3.51. The van der Waals surface area contributed by atoms with Crippen molar-refractivity contribution in [2.75, 3.05) is 6.61 Å². The minimum atomic E-state index is -0.789. The van der Waals surface area contributed by atoms with E-state index in [1.165, 1.54) is 43.3 Å². The van der Waals surface area contributed by atoms with Crippen molar-refractivity contribution < 1.29 is 29.0 Å². The summed E-state index contributed by atoms with van der Waals surface area (Å²) in [6.45, 7) is 0.804. The van der Waals surface area contributed by atoms with Gasteiger partial charge in [-0.1, -0.05) is 24.3 Å². The van der Waals surface area contributed by atoms with Crippen molar-refractivity contribution in [1.29, 1.82) is 0 Å². The number of ether oxygens (including phenoxy) is 2. The topological polar surface area (TPSA) is 89.9 Å². The van der Waals surface area contributed by atoms with Crippen LogP contribution in [0.5, 0.6) is 11.5 Å². The summed E-state index contributed by atoms with van der Waals surface area (Å²) in [7, 11) is 0. The maximum atomic E-state index is 12.2. The van der Waals surface area contributed by atoms with Crippen LogP contribution in [0, 0.1) is 0 Å². The van der Waals surface area contributed by atoms with Gasteiger partial charge in [0.15, 0.2) is 12.4 Å². The molecule has 0 bridgehead atoms. The van der Waals surface area contributed by atoms with E-state index >= 15 is 0 Å². The molecule has 0 aliphatic carbocycles. The Morgan fingerprint density at radius 2 is 1.56 bits per heavy atom. The molecule has 0 heterocycles. The highest BCUT2D eigenvalue weighted by atomic mass is 16.5. The second kappa shape index (κ2) is 7.70. The quantitative estimate of drug-likeness (QED) is 0.423. The summed E-state index contributed by atoms with van der Waals surface area (Å²) in [5.41, 5.74) is 0.299. The summed E-state index contributed by atoms with van der Waals surface area (Å²) in [6, 6.07) is 16.2. The first-order valence-corrected chi connectivity index (χ1v) is 8.14. The zero-order valence-corrected chi connectivity index (χ0v) is 14.5. The van der Waals surface area contributed by atoms with Gasteiger partial charge in [-0.25, -0.2) is 4.79 Å². The summed E-state index contributed by atoms with van der Waals surface area (Å²) < 4.78 is 9.92. The van der Waals surface area contributed by atoms with Gasteiger partial charge in [-0.15, -0.1) is 0 Å². The summed E-state index contributed by atoms with van der Waals surface area (Å²) in [5, 5.41) is 11.6. The van der Waals surface area contributed by atoms with Crippen molar-refractivity contribution >= 4 is 28.5 Å². The molecule has 0 spiro atoms. The van der Waals surface area contributed by atoms with Crippen LogP contribution in [0.1, 0.15) is 27.6 Å². The fourth-order valence-corrected chi connectivity index (χ4v) is 2.56. The average molecular weight is 364 g/mol. The Morgan fingerprint density at radius 3 is 2.19 bits per heavy atom. The normalized spacial score (nSPS) is 10.4. The molecule has 3 aromatic carbocycles. The molecule has 0 radical (unpaired) electrons. The first kappa shape index (κ1) is 18.1. The Hall–Kier alpha value is -3.67. The molecule has 6 nitrogen and oxygen atoms in total. The van der Waals surface area contributed by atoms with Crippen LogP contribution in [0.4, 0.5) is 0 Å². The molecule has 3 rings (SSSR count). The highest BCUT2D eigenvalue weighted by Gasteiger charge is 2.16. The predicted molar refractivity (Wildman–Crippen MR) is 98.0 cm³/mol. The van der Waals surface area contributed by atoms with Gasteiger partial charge in [0.25, 0.3) is 0 Å². The number of esters is 2. The van der Waals surface area contributed by atoms with Crippen LogP contribution in [0.25, 0.3) is 10.8 Å². The van der Waals surface area contributed by atoms with E-state index in [4.69, 9.17) is 9.47 Å². The van der Waals surface area contributed by atoms with Crippen molar-refractivity contribution in [3.05, 3.63) is 71.8 Å². The number of phenolic OH excluding ortho intramolecular Hbond substituents is 1. The zero-order valence-electron chi connectivity index (χ0n) is 14.5. The number of benzene rings is 3. The van der Waals surface area contributed by atoms with Gasteiger partial charge in [0.2, 0.25) is 0 Å². The van der Waals surface area contributed by atoms with E-state index in [0.717, 1.165) is 10.8 Å². The largest absolute Gasteiger partial charge is 0.507 e. The molecule has 1 N–H and O–H groups in total. The number of hydrogen-bond acceptors (Lipinski definition) is 6. The molecule has 0 amide bonds. The van der Waals surface area contributed by atoms with Crippen molar-refractivity contribution in [3.63, 3.8) is 0 Å². The van der Waals surface area contributed by atoms with Crippen LogP contribution in [0.3, 0.4) is 0 Å². The van der Waals surface area contributed by atoms with E-state index in [1.807, 2.05) is 18.2 Å². The van der Waals surface area contributed by atoms with E-state index in [0.29, 0.717) is 11.3 Å². The van der Waals surface area contributed by atoms with Gasteiger partial charge in [-0.05, 0) is 47.2 Å². The number of rotatable bonds is 5. The minimum Gasteiger partial charge on any atom is -0.507 e. The molecular formula is C21H16O6. The Balaban J connectivity index is 1.67. The van der Waals surface area contributed by atoms with E-state index < -0.39 is 24.3 Å². The van der Waals surface area contributed by atoms with Gasteiger partial charge in [-0.3, -0.25) is 9.59 Å². The van der Waals surface area contributed by atoms with Crippen molar-refractivity contribution in [1.82, 2.24) is 0 Å². The highest BCUT2D eigenvalue weighted by molar-refractivity contribution is 6.02. The molecule has 27 heavy (non-hydrogen) atoms. The lowest BCUT2D eigenvalue weighted by atomic mass is 10.1. The lowest BCUT2D eigenvalue weighted by molar-refractivity contribution is -0.131. The zero-order chi connectivity index (χ0) is 19.4. The molecule has 0 saturated heterocycles. The maximum Gasteiger partial charge on any atom is 0.342 e. The fraction of sp³-hybridized carbons (Fsp3) is 0.0952. The molecule has 0 saturated carbocycles. The molecule has 6 heteroatoms. The second-order valence-corrected chi connectivity index (χ2v) is 5.83. The molecular weight excluding hydrogens is 348 g/mol. The fourth-order valence-electron chi connectivity index (χ4n) is 2.56. The van der Waals surface area contributed by atoms with Gasteiger partial charge in [-0.2, -0.15) is 0 Å². The third-order valence-corrected chi connectivity index (χ3v) is 3.86. The minimum absolute atomic E-state index is 0.00768. The number of phenols is 1. The SMILES string of the molecule is CC(=O)Oc1ccc(C(=O)COC(=O)c2cc3ccccc3cc2O)cc1. The third kappa shape index (κ3) is 4.30. The molecule has 0 aliphatic rings. The standard InChI is InChI=1S/C21H16O6/c1-13(22)27-17-8-6-14(7-9-17)20(24)12-26-21(25)18-10-15-4-2-3-5-16(15)11-19(18)23/h2-11,23H,12H2,1H3. The molecule has 0 aromatic heterocycles. The third-order valence-electron chi connectivity index (χ3n) is 3.86. The monoisotopic (exact) mass is 364 g/mol. The number of carbonyl (C=O) groups is 3. The van der Waals surface area contributed by atoms with Crippen molar-refractivity contribution in [2.45, 2.75) is 6.92 Å². The van der Waals surface area contributed by atoms with Crippen LogP contribution in [-0.2, 0) is 9.53 Å². The Kier molecular flexibility index (Phi) is 5.17. The van der Waals surface area contributed by atoms with E-state index in [2.05, 4.69) is 0 Å². The van der Waals surface area contributed by atoms with Crippen LogP contribution in [0.15, 0.2) is 60.7 Å².